The molecule has 0 aliphatic carbocycles. The molecule has 0 unspecified atom stereocenters. The second-order valence-corrected chi connectivity index (χ2v) is 4.62. The van der Waals surface area contributed by atoms with Crippen LogP contribution >= 0.6 is 11.8 Å². The Morgan fingerprint density at radius 2 is 2.00 bits per heavy atom. The van der Waals surface area contributed by atoms with Gasteiger partial charge in [-0.1, -0.05) is 30.0 Å². The Balaban J connectivity index is 2.08. The van der Waals surface area contributed by atoms with Crippen molar-refractivity contribution in [2.75, 3.05) is 25.4 Å². The molecule has 3 heteroatoms. The van der Waals surface area contributed by atoms with Crippen LogP contribution in [0.3, 0.4) is 0 Å². The van der Waals surface area contributed by atoms with Gasteiger partial charge >= 0.3 is 0 Å². The van der Waals surface area contributed by atoms with Crippen LogP contribution in [-0.2, 0) is 4.79 Å². The van der Waals surface area contributed by atoms with Crippen molar-refractivity contribution in [1.29, 1.82) is 0 Å². The highest BCUT2D eigenvalue weighted by Crippen LogP contribution is 2.07. The minimum absolute atomic E-state index is 0.150. The summed E-state index contributed by atoms with van der Waals surface area (Å²) in [6.45, 7) is 4.83. The summed E-state index contributed by atoms with van der Waals surface area (Å²) in [5.74, 6) is 6.77. The number of thioether (sulfide) groups is 1. The number of carbonyl (C=O) groups excluding carboxylic acids is 1. The van der Waals surface area contributed by atoms with Gasteiger partial charge in [0, 0.05) is 6.92 Å². The Hall–Kier alpha value is -0.460. The van der Waals surface area contributed by atoms with Crippen molar-refractivity contribution < 1.29 is 4.79 Å². The average Bonchev–Trinajstić information content (AvgIpc) is 2.18. The predicted octanol–water partition coefficient (Wildman–Crippen LogP) is 1.76. The Morgan fingerprint density at radius 1 is 1.29 bits per heavy atom. The van der Waals surface area contributed by atoms with E-state index in [0.717, 1.165) is 6.54 Å². The third-order valence-electron chi connectivity index (χ3n) is 2.22. The molecule has 1 heterocycles. The van der Waals surface area contributed by atoms with Crippen LogP contribution in [0.1, 0.15) is 26.2 Å². The van der Waals surface area contributed by atoms with Gasteiger partial charge in [0.25, 0.3) is 0 Å². The first kappa shape index (κ1) is 11.6. The molecule has 1 aliphatic heterocycles. The monoisotopic (exact) mass is 211 g/mol. The maximum Gasteiger partial charge on any atom is 0.186 e. The number of carbonyl (C=O) groups is 1. The van der Waals surface area contributed by atoms with Crippen LogP contribution in [-0.4, -0.2) is 35.4 Å². The van der Waals surface area contributed by atoms with Crippen molar-refractivity contribution in [3.8, 4) is 11.8 Å². The molecule has 0 aromatic rings. The van der Waals surface area contributed by atoms with Crippen LogP contribution in [0.4, 0.5) is 0 Å². The second-order valence-electron chi connectivity index (χ2n) is 3.47. The van der Waals surface area contributed by atoms with Gasteiger partial charge in [-0.15, -0.1) is 0 Å². The standard InChI is InChI=1S/C11H17NOS/c1-11(13)14-10-6-5-9-12-7-3-2-4-8-12/h2-4,7-10H2,1H3. The summed E-state index contributed by atoms with van der Waals surface area (Å²) in [5.41, 5.74) is 0. The van der Waals surface area contributed by atoms with E-state index in [0.29, 0.717) is 5.75 Å². The molecule has 1 rings (SSSR count). The first-order valence-electron chi connectivity index (χ1n) is 5.10. The Morgan fingerprint density at radius 3 is 2.64 bits per heavy atom. The molecule has 0 radical (unpaired) electrons. The molecule has 78 valence electrons. The van der Waals surface area contributed by atoms with Gasteiger partial charge in [-0.3, -0.25) is 9.69 Å². The number of piperidine rings is 1. The Labute approximate surface area is 90.4 Å². The number of hydrogen-bond acceptors (Lipinski definition) is 3. The highest BCUT2D eigenvalue weighted by Gasteiger charge is 2.07. The largest absolute Gasteiger partial charge is 0.292 e. The number of hydrogen-bond donors (Lipinski definition) is 0. The molecule has 2 nitrogen and oxygen atoms in total. The molecule has 0 bridgehead atoms. The van der Waals surface area contributed by atoms with E-state index in [2.05, 4.69) is 16.7 Å². The van der Waals surface area contributed by atoms with E-state index < -0.39 is 0 Å². The van der Waals surface area contributed by atoms with Gasteiger partial charge < -0.3 is 0 Å². The molecule has 0 spiro atoms. The molecule has 1 aliphatic rings. The summed E-state index contributed by atoms with van der Waals surface area (Å²) in [6.07, 6.45) is 3.98. The van der Waals surface area contributed by atoms with Crippen LogP contribution in [0.2, 0.25) is 0 Å². The van der Waals surface area contributed by atoms with E-state index in [9.17, 15) is 4.79 Å². The molecular weight excluding hydrogens is 194 g/mol. The van der Waals surface area contributed by atoms with E-state index in [4.69, 9.17) is 0 Å². The Kier molecular flexibility index (Phi) is 5.74. The summed E-state index contributed by atoms with van der Waals surface area (Å²) in [4.78, 5) is 13.0. The number of nitrogens with zero attached hydrogens (tertiary/aromatic N) is 1. The fourth-order valence-corrected chi connectivity index (χ4v) is 1.85. The van der Waals surface area contributed by atoms with E-state index in [1.165, 1.54) is 44.1 Å². The number of likely N-dealkylation sites (tertiary alicyclic amines) is 1. The predicted molar refractivity (Wildman–Crippen MR) is 61.2 cm³/mol. The minimum Gasteiger partial charge on any atom is -0.292 e. The molecule has 0 saturated carbocycles. The van der Waals surface area contributed by atoms with Crippen molar-refractivity contribution in [2.45, 2.75) is 26.2 Å². The van der Waals surface area contributed by atoms with Gasteiger partial charge in [0.15, 0.2) is 5.12 Å². The highest BCUT2D eigenvalue weighted by atomic mass is 32.2. The zero-order chi connectivity index (χ0) is 10.2. The van der Waals surface area contributed by atoms with Gasteiger partial charge in [0.1, 0.15) is 0 Å². The van der Waals surface area contributed by atoms with Gasteiger partial charge in [-0.25, -0.2) is 0 Å². The lowest BCUT2D eigenvalue weighted by molar-refractivity contribution is -0.109. The first-order chi connectivity index (χ1) is 6.79. The van der Waals surface area contributed by atoms with Crippen LogP contribution in [0.5, 0.6) is 0 Å². The molecule has 14 heavy (non-hydrogen) atoms. The third kappa shape index (κ3) is 5.31. The van der Waals surface area contributed by atoms with E-state index in [1.807, 2.05) is 0 Å². The van der Waals surface area contributed by atoms with Gasteiger partial charge in [0.05, 0.1) is 12.3 Å². The molecule has 0 amide bonds. The van der Waals surface area contributed by atoms with Crippen molar-refractivity contribution in [3.63, 3.8) is 0 Å². The highest BCUT2D eigenvalue weighted by molar-refractivity contribution is 8.13. The quantitative estimate of drug-likeness (QED) is 0.649. The summed E-state index contributed by atoms with van der Waals surface area (Å²) < 4.78 is 0. The molecule has 0 aromatic heterocycles. The van der Waals surface area contributed by atoms with Crippen molar-refractivity contribution in [2.24, 2.45) is 0 Å². The lowest BCUT2D eigenvalue weighted by Crippen LogP contribution is -2.29. The molecule has 0 N–H and O–H groups in total. The second kappa shape index (κ2) is 6.92. The Bertz CT molecular complexity index is 235. The fourth-order valence-electron chi connectivity index (χ4n) is 1.47. The topological polar surface area (TPSA) is 20.3 Å². The lowest BCUT2D eigenvalue weighted by Gasteiger charge is -2.23. The fraction of sp³-hybridized carbons (Fsp3) is 0.727. The zero-order valence-corrected chi connectivity index (χ0v) is 9.53. The summed E-state index contributed by atoms with van der Waals surface area (Å²) >= 11 is 1.29. The van der Waals surface area contributed by atoms with Crippen LogP contribution in [0.25, 0.3) is 0 Å². The third-order valence-corrected chi connectivity index (χ3v) is 2.92. The summed E-state index contributed by atoms with van der Waals surface area (Å²) in [6, 6.07) is 0. The van der Waals surface area contributed by atoms with Crippen LogP contribution in [0, 0.1) is 11.8 Å². The van der Waals surface area contributed by atoms with Crippen LogP contribution in [0.15, 0.2) is 0 Å². The molecule has 0 aromatic carbocycles. The van der Waals surface area contributed by atoms with Crippen LogP contribution < -0.4 is 0 Å². The molecule has 1 fully saturated rings. The van der Waals surface area contributed by atoms with Crippen molar-refractivity contribution in [3.05, 3.63) is 0 Å². The van der Waals surface area contributed by atoms with Gasteiger partial charge in [-0.2, -0.15) is 0 Å². The van der Waals surface area contributed by atoms with Gasteiger partial charge in [-0.05, 0) is 25.9 Å². The SMILES string of the molecule is CC(=O)SCC#CCN1CCCCC1. The van der Waals surface area contributed by atoms with Gasteiger partial charge in [0.2, 0.25) is 0 Å². The van der Waals surface area contributed by atoms with E-state index in [-0.39, 0.29) is 5.12 Å². The smallest absolute Gasteiger partial charge is 0.186 e. The first-order valence-corrected chi connectivity index (χ1v) is 6.09. The molecular formula is C11H17NOS. The maximum atomic E-state index is 10.6. The number of rotatable bonds is 2. The minimum atomic E-state index is 0.150. The summed E-state index contributed by atoms with van der Waals surface area (Å²) in [7, 11) is 0. The normalized spacial score (nSPS) is 17.2. The van der Waals surface area contributed by atoms with E-state index >= 15 is 0 Å². The average molecular weight is 211 g/mol. The molecule has 0 atom stereocenters. The van der Waals surface area contributed by atoms with E-state index in [1.54, 1.807) is 6.92 Å². The lowest BCUT2D eigenvalue weighted by atomic mass is 10.1. The maximum absolute atomic E-state index is 10.6. The van der Waals surface area contributed by atoms with Crippen molar-refractivity contribution in [1.82, 2.24) is 4.90 Å². The molecule has 1 saturated heterocycles. The van der Waals surface area contributed by atoms with Crippen molar-refractivity contribution >= 4 is 16.9 Å². The summed E-state index contributed by atoms with van der Waals surface area (Å²) in [5, 5.41) is 0.150. The zero-order valence-electron chi connectivity index (χ0n) is 8.71.